The topological polar surface area (TPSA) is 50.7 Å². The fourth-order valence-corrected chi connectivity index (χ4v) is 2.95. The number of methoxy groups -OCH3 is 1. The standard InChI is InChI=1S/C15H22BrNO3/c1-19-14-3-2-13(16)8-12(14)9-17-10-15(11-18)4-6-20-7-5-15/h2-3,8,17-18H,4-7,9-11H2,1H3. The maximum absolute atomic E-state index is 9.66. The molecule has 20 heavy (non-hydrogen) atoms. The summed E-state index contributed by atoms with van der Waals surface area (Å²) in [4.78, 5) is 0. The fraction of sp³-hybridized carbons (Fsp3) is 0.600. The van der Waals surface area contributed by atoms with Crippen LogP contribution in [-0.4, -0.2) is 38.6 Å². The van der Waals surface area contributed by atoms with E-state index < -0.39 is 0 Å². The van der Waals surface area contributed by atoms with Gasteiger partial charge in [0.1, 0.15) is 5.75 Å². The zero-order valence-corrected chi connectivity index (χ0v) is 13.4. The SMILES string of the molecule is COc1ccc(Br)cc1CNCC1(CO)CCOCC1. The van der Waals surface area contributed by atoms with Crippen molar-refractivity contribution in [1.29, 1.82) is 0 Å². The van der Waals surface area contributed by atoms with Crippen molar-refractivity contribution >= 4 is 15.9 Å². The van der Waals surface area contributed by atoms with E-state index in [1.54, 1.807) is 7.11 Å². The van der Waals surface area contributed by atoms with Gasteiger partial charge in [-0.1, -0.05) is 15.9 Å². The number of aliphatic hydroxyl groups is 1. The van der Waals surface area contributed by atoms with E-state index >= 15 is 0 Å². The van der Waals surface area contributed by atoms with Crippen molar-refractivity contribution in [2.24, 2.45) is 5.41 Å². The van der Waals surface area contributed by atoms with Crippen LogP contribution in [0.25, 0.3) is 0 Å². The molecule has 1 fully saturated rings. The number of halogens is 1. The molecule has 1 aromatic carbocycles. The van der Waals surface area contributed by atoms with Gasteiger partial charge < -0.3 is 19.9 Å². The number of ether oxygens (including phenoxy) is 2. The molecule has 1 aromatic rings. The number of hydrogen-bond donors (Lipinski definition) is 2. The lowest BCUT2D eigenvalue weighted by Gasteiger charge is -2.35. The predicted octanol–water partition coefficient (Wildman–Crippen LogP) is 2.34. The molecular weight excluding hydrogens is 322 g/mol. The van der Waals surface area contributed by atoms with Gasteiger partial charge in [-0.05, 0) is 31.0 Å². The van der Waals surface area contributed by atoms with Crippen molar-refractivity contribution in [2.75, 3.05) is 33.5 Å². The number of benzene rings is 1. The molecule has 1 aliphatic rings. The highest BCUT2D eigenvalue weighted by atomic mass is 79.9. The molecule has 112 valence electrons. The van der Waals surface area contributed by atoms with E-state index in [9.17, 15) is 5.11 Å². The summed E-state index contributed by atoms with van der Waals surface area (Å²) in [5.74, 6) is 0.880. The molecular formula is C15H22BrNO3. The van der Waals surface area contributed by atoms with Crippen molar-refractivity contribution in [3.63, 3.8) is 0 Å². The highest BCUT2D eigenvalue weighted by Crippen LogP contribution is 2.29. The average molecular weight is 344 g/mol. The summed E-state index contributed by atoms with van der Waals surface area (Å²) in [5.41, 5.74) is 1.07. The van der Waals surface area contributed by atoms with Crippen LogP contribution in [0.2, 0.25) is 0 Å². The van der Waals surface area contributed by atoms with E-state index in [2.05, 4.69) is 27.3 Å². The fourth-order valence-electron chi connectivity index (χ4n) is 2.54. The summed E-state index contributed by atoms with van der Waals surface area (Å²) in [6, 6.07) is 5.98. The summed E-state index contributed by atoms with van der Waals surface area (Å²) in [7, 11) is 1.68. The lowest BCUT2D eigenvalue weighted by atomic mass is 9.81. The number of aliphatic hydroxyl groups excluding tert-OH is 1. The molecule has 0 unspecified atom stereocenters. The van der Waals surface area contributed by atoms with Gasteiger partial charge >= 0.3 is 0 Å². The van der Waals surface area contributed by atoms with Crippen molar-refractivity contribution < 1.29 is 14.6 Å². The quantitative estimate of drug-likeness (QED) is 0.832. The van der Waals surface area contributed by atoms with E-state index in [4.69, 9.17) is 9.47 Å². The summed E-state index contributed by atoms with van der Waals surface area (Å²) in [6.45, 7) is 3.21. The highest BCUT2D eigenvalue weighted by molar-refractivity contribution is 9.10. The lowest BCUT2D eigenvalue weighted by Crippen LogP contribution is -2.41. The molecule has 0 bridgehead atoms. The first-order valence-corrected chi connectivity index (χ1v) is 7.70. The minimum atomic E-state index is -0.0441. The molecule has 0 radical (unpaired) electrons. The zero-order chi connectivity index (χ0) is 14.4. The number of rotatable bonds is 6. The Morgan fingerprint density at radius 2 is 2.15 bits per heavy atom. The van der Waals surface area contributed by atoms with Gasteiger partial charge in [0.15, 0.2) is 0 Å². The Bertz CT molecular complexity index is 433. The highest BCUT2D eigenvalue weighted by Gasteiger charge is 2.31. The van der Waals surface area contributed by atoms with E-state index in [-0.39, 0.29) is 12.0 Å². The third-order valence-corrected chi connectivity index (χ3v) is 4.44. The van der Waals surface area contributed by atoms with E-state index in [0.717, 1.165) is 54.9 Å². The lowest BCUT2D eigenvalue weighted by molar-refractivity contribution is -0.0154. The Hall–Kier alpha value is -0.620. The van der Waals surface area contributed by atoms with Crippen LogP contribution in [0.3, 0.4) is 0 Å². The molecule has 2 N–H and O–H groups in total. The van der Waals surface area contributed by atoms with Gasteiger partial charge in [0.25, 0.3) is 0 Å². The molecule has 0 atom stereocenters. The third kappa shape index (κ3) is 3.95. The summed E-state index contributed by atoms with van der Waals surface area (Å²) < 4.78 is 11.8. The van der Waals surface area contributed by atoms with Gasteiger partial charge in [0.2, 0.25) is 0 Å². The monoisotopic (exact) mass is 343 g/mol. The van der Waals surface area contributed by atoms with Gasteiger partial charge in [-0.15, -0.1) is 0 Å². The van der Waals surface area contributed by atoms with E-state index in [0.29, 0.717) is 0 Å². The molecule has 0 spiro atoms. The number of nitrogens with one attached hydrogen (secondary N) is 1. The van der Waals surface area contributed by atoms with Crippen molar-refractivity contribution in [1.82, 2.24) is 5.32 Å². The Morgan fingerprint density at radius 3 is 2.80 bits per heavy atom. The summed E-state index contributed by atoms with van der Waals surface area (Å²) in [5, 5.41) is 13.1. The van der Waals surface area contributed by atoms with Gasteiger partial charge in [-0.25, -0.2) is 0 Å². The average Bonchev–Trinajstić information content (AvgIpc) is 2.48. The first-order valence-electron chi connectivity index (χ1n) is 6.91. The second-order valence-corrected chi connectivity index (χ2v) is 6.25. The van der Waals surface area contributed by atoms with Crippen LogP contribution < -0.4 is 10.1 Å². The maximum atomic E-state index is 9.66. The molecule has 2 rings (SSSR count). The first-order chi connectivity index (χ1) is 9.69. The molecule has 0 aromatic heterocycles. The molecule has 1 saturated heterocycles. The predicted molar refractivity (Wildman–Crippen MR) is 82.0 cm³/mol. The molecule has 0 amide bonds. The second kappa shape index (κ2) is 7.41. The van der Waals surface area contributed by atoms with Gasteiger partial charge in [0, 0.05) is 41.8 Å². The van der Waals surface area contributed by atoms with Crippen LogP contribution in [0.1, 0.15) is 18.4 Å². The van der Waals surface area contributed by atoms with Crippen molar-refractivity contribution in [2.45, 2.75) is 19.4 Å². The van der Waals surface area contributed by atoms with Gasteiger partial charge in [-0.2, -0.15) is 0 Å². The molecule has 1 heterocycles. The minimum absolute atomic E-state index is 0.0441. The van der Waals surface area contributed by atoms with Crippen LogP contribution in [0.4, 0.5) is 0 Å². The van der Waals surface area contributed by atoms with Crippen LogP contribution in [0.5, 0.6) is 5.75 Å². The second-order valence-electron chi connectivity index (χ2n) is 5.33. The summed E-state index contributed by atoms with van der Waals surface area (Å²) >= 11 is 3.48. The number of hydrogen-bond acceptors (Lipinski definition) is 4. The van der Waals surface area contributed by atoms with Gasteiger partial charge in [-0.3, -0.25) is 0 Å². The van der Waals surface area contributed by atoms with E-state index in [1.165, 1.54) is 0 Å². The van der Waals surface area contributed by atoms with Crippen LogP contribution >= 0.6 is 15.9 Å². The van der Waals surface area contributed by atoms with Gasteiger partial charge in [0.05, 0.1) is 13.7 Å². The molecule has 1 aliphatic heterocycles. The van der Waals surface area contributed by atoms with Crippen molar-refractivity contribution in [3.05, 3.63) is 28.2 Å². The molecule has 0 aliphatic carbocycles. The summed E-state index contributed by atoms with van der Waals surface area (Å²) in [6.07, 6.45) is 1.82. The maximum Gasteiger partial charge on any atom is 0.123 e. The largest absolute Gasteiger partial charge is 0.496 e. The van der Waals surface area contributed by atoms with Crippen LogP contribution in [0.15, 0.2) is 22.7 Å². The Balaban J connectivity index is 1.93. The molecule has 5 heteroatoms. The Kier molecular flexibility index (Phi) is 5.84. The van der Waals surface area contributed by atoms with E-state index in [1.807, 2.05) is 12.1 Å². The minimum Gasteiger partial charge on any atom is -0.496 e. The van der Waals surface area contributed by atoms with Crippen molar-refractivity contribution in [3.8, 4) is 5.75 Å². The third-order valence-electron chi connectivity index (χ3n) is 3.95. The van der Waals surface area contributed by atoms with Crippen LogP contribution in [-0.2, 0) is 11.3 Å². The smallest absolute Gasteiger partial charge is 0.123 e. The zero-order valence-electron chi connectivity index (χ0n) is 11.8. The van der Waals surface area contributed by atoms with Crippen LogP contribution in [0, 0.1) is 5.41 Å². The Labute approximate surface area is 128 Å². The molecule has 4 nitrogen and oxygen atoms in total. The molecule has 0 saturated carbocycles. The Morgan fingerprint density at radius 1 is 1.40 bits per heavy atom. The normalized spacial score (nSPS) is 17.9. The first kappa shape index (κ1) is 15.8.